The molecule has 1 atom stereocenters. The Balaban J connectivity index is 1.60. The number of hydrogen-bond acceptors (Lipinski definition) is 3. The number of fused-ring (bicyclic) bond motifs is 1. The minimum absolute atomic E-state index is 0.113. The van der Waals surface area contributed by atoms with Crippen LogP contribution in [0.4, 0.5) is 5.69 Å². The quantitative estimate of drug-likeness (QED) is 0.826. The first-order valence-corrected chi connectivity index (χ1v) is 7.33. The van der Waals surface area contributed by atoms with Crippen LogP contribution in [0.5, 0.6) is 0 Å². The Labute approximate surface area is 124 Å². The fraction of sp³-hybridized carbons (Fsp3) is 0.375. The van der Waals surface area contributed by atoms with Gasteiger partial charge in [-0.05, 0) is 24.6 Å². The number of hydrogen-bond donors (Lipinski definition) is 2. The molecule has 5 nitrogen and oxygen atoms in total. The van der Waals surface area contributed by atoms with Crippen molar-refractivity contribution < 1.29 is 4.79 Å². The average Bonchev–Trinajstić information content (AvgIpc) is 3.02. The van der Waals surface area contributed by atoms with Crippen LogP contribution in [-0.2, 0) is 11.2 Å². The predicted octanol–water partition coefficient (Wildman–Crippen LogP) is 2.04. The van der Waals surface area contributed by atoms with Crippen LogP contribution in [0.3, 0.4) is 0 Å². The fourth-order valence-electron chi connectivity index (χ4n) is 2.79. The number of benzene rings is 1. The van der Waals surface area contributed by atoms with Crippen LogP contribution in [-0.4, -0.2) is 29.5 Å². The monoisotopic (exact) mass is 284 g/mol. The number of aromatic amines is 1. The van der Waals surface area contributed by atoms with Crippen molar-refractivity contribution in [3.05, 3.63) is 48.0 Å². The molecule has 1 aliphatic rings. The Kier molecular flexibility index (Phi) is 4.01. The van der Waals surface area contributed by atoms with Crippen molar-refractivity contribution in [2.24, 2.45) is 0 Å². The van der Waals surface area contributed by atoms with Gasteiger partial charge in [-0.1, -0.05) is 18.2 Å². The summed E-state index contributed by atoms with van der Waals surface area (Å²) in [7, 11) is 1.84. The second-order valence-electron chi connectivity index (χ2n) is 5.36. The Hall–Kier alpha value is -2.14. The molecule has 0 fully saturated rings. The zero-order valence-corrected chi connectivity index (χ0v) is 12.2. The molecule has 0 bridgehead atoms. The number of nitrogens with zero attached hydrogens (tertiary/aromatic N) is 2. The zero-order chi connectivity index (χ0) is 14.7. The lowest BCUT2D eigenvalue weighted by molar-refractivity contribution is -0.119. The van der Waals surface area contributed by atoms with Gasteiger partial charge < -0.3 is 15.2 Å². The number of anilines is 1. The Morgan fingerprint density at radius 2 is 2.29 bits per heavy atom. The molecule has 0 radical (unpaired) electrons. The lowest BCUT2D eigenvalue weighted by Crippen LogP contribution is -2.38. The van der Waals surface area contributed by atoms with Gasteiger partial charge in [-0.2, -0.15) is 0 Å². The van der Waals surface area contributed by atoms with Crippen LogP contribution < -0.4 is 10.2 Å². The van der Waals surface area contributed by atoms with Crippen LogP contribution in [0.2, 0.25) is 0 Å². The predicted molar refractivity (Wildman–Crippen MR) is 82.1 cm³/mol. The summed E-state index contributed by atoms with van der Waals surface area (Å²) in [4.78, 5) is 21.1. The first-order chi connectivity index (χ1) is 10.3. The molecule has 21 heavy (non-hydrogen) atoms. The summed E-state index contributed by atoms with van der Waals surface area (Å²) >= 11 is 0. The van der Waals surface area contributed by atoms with Crippen molar-refractivity contribution in [1.29, 1.82) is 0 Å². The summed E-state index contributed by atoms with van der Waals surface area (Å²) in [5.41, 5.74) is 2.22. The minimum Gasteiger partial charge on any atom is -0.349 e. The van der Waals surface area contributed by atoms with Gasteiger partial charge in [-0.3, -0.25) is 4.79 Å². The normalized spacial score (nSPS) is 17.9. The van der Waals surface area contributed by atoms with Gasteiger partial charge >= 0.3 is 0 Å². The number of para-hydroxylation sites is 1. The van der Waals surface area contributed by atoms with E-state index in [9.17, 15) is 4.79 Å². The molecule has 3 rings (SSSR count). The number of H-pyrrole nitrogens is 1. The molecule has 1 amide bonds. The van der Waals surface area contributed by atoms with E-state index in [0.717, 1.165) is 30.9 Å². The van der Waals surface area contributed by atoms with Gasteiger partial charge in [0.2, 0.25) is 5.91 Å². The third-order valence-corrected chi connectivity index (χ3v) is 3.96. The summed E-state index contributed by atoms with van der Waals surface area (Å²) in [6.07, 6.45) is 6.05. The lowest BCUT2D eigenvalue weighted by atomic mass is 9.96. The highest BCUT2D eigenvalue weighted by Crippen LogP contribution is 2.33. The standard InChI is InChI=1S/C16H20N4O/c1-20-14-6-3-2-5-12(14)13(11-16(20)21)17-8-4-7-15-18-9-10-19-15/h2-3,5-6,9-10,13,17H,4,7-8,11H2,1H3,(H,18,19). The first-order valence-electron chi connectivity index (χ1n) is 7.33. The molecule has 0 spiro atoms. The maximum absolute atomic E-state index is 12.1. The van der Waals surface area contributed by atoms with Gasteiger partial charge in [0.05, 0.1) is 0 Å². The van der Waals surface area contributed by atoms with E-state index >= 15 is 0 Å². The number of rotatable bonds is 5. The van der Waals surface area contributed by atoms with Gasteiger partial charge in [0, 0.05) is 44.0 Å². The molecule has 1 aromatic heterocycles. The number of carbonyl (C=O) groups is 1. The Bertz CT molecular complexity index is 608. The van der Waals surface area contributed by atoms with Gasteiger partial charge in [0.25, 0.3) is 0 Å². The largest absolute Gasteiger partial charge is 0.349 e. The second-order valence-corrected chi connectivity index (χ2v) is 5.36. The molecule has 0 saturated heterocycles. The molecule has 110 valence electrons. The van der Waals surface area contributed by atoms with Crippen LogP contribution in [0, 0.1) is 0 Å². The van der Waals surface area contributed by atoms with Gasteiger partial charge in [0.1, 0.15) is 5.82 Å². The van der Waals surface area contributed by atoms with Crippen molar-refractivity contribution >= 4 is 11.6 Å². The van der Waals surface area contributed by atoms with Gasteiger partial charge in [-0.25, -0.2) is 4.98 Å². The van der Waals surface area contributed by atoms with Crippen LogP contribution in [0.25, 0.3) is 0 Å². The summed E-state index contributed by atoms with van der Waals surface area (Å²) in [5.74, 6) is 1.17. The highest BCUT2D eigenvalue weighted by molar-refractivity contribution is 5.96. The summed E-state index contributed by atoms with van der Waals surface area (Å²) in [5, 5.41) is 3.50. The molecule has 2 N–H and O–H groups in total. The van der Waals surface area contributed by atoms with E-state index in [1.165, 1.54) is 5.56 Å². The first kappa shape index (κ1) is 13.8. The number of imidazole rings is 1. The van der Waals surface area contributed by atoms with Crippen molar-refractivity contribution in [2.75, 3.05) is 18.5 Å². The topological polar surface area (TPSA) is 61.0 Å². The van der Waals surface area contributed by atoms with Crippen molar-refractivity contribution in [3.8, 4) is 0 Å². The molecular weight excluding hydrogens is 264 g/mol. The fourth-order valence-corrected chi connectivity index (χ4v) is 2.79. The maximum Gasteiger partial charge on any atom is 0.228 e. The molecule has 0 saturated carbocycles. The van der Waals surface area contributed by atoms with E-state index < -0.39 is 0 Å². The van der Waals surface area contributed by atoms with Crippen molar-refractivity contribution in [2.45, 2.75) is 25.3 Å². The molecular formula is C16H20N4O. The molecule has 2 aromatic rings. The number of aromatic nitrogens is 2. The number of amides is 1. The summed E-state index contributed by atoms with van der Waals surface area (Å²) in [6.45, 7) is 0.872. The number of aryl methyl sites for hydroxylation is 1. The molecule has 1 aliphatic heterocycles. The molecule has 1 aromatic carbocycles. The second kappa shape index (κ2) is 6.10. The van der Waals surface area contributed by atoms with E-state index in [2.05, 4.69) is 21.4 Å². The van der Waals surface area contributed by atoms with E-state index in [-0.39, 0.29) is 11.9 Å². The lowest BCUT2D eigenvalue weighted by Gasteiger charge is -2.32. The molecule has 0 aliphatic carbocycles. The summed E-state index contributed by atoms with van der Waals surface area (Å²) in [6, 6.07) is 8.22. The third-order valence-electron chi connectivity index (χ3n) is 3.96. The average molecular weight is 284 g/mol. The van der Waals surface area contributed by atoms with Crippen LogP contribution in [0.15, 0.2) is 36.7 Å². The van der Waals surface area contributed by atoms with E-state index in [0.29, 0.717) is 6.42 Å². The number of carbonyl (C=O) groups excluding carboxylic acids is 1. The number of nitrogens with one attached hydrogen (secondary N) is 2. The molecule has 1 unspecified atom stereocenters. The third kappa shape index (κ3) is 2.97. The summed E-state index contributed by atoms with van der Waals surface area (Å²) < 4.78 is 0. The zero-order valence-electron chi connectivity index (χ0n) is 12.2. The van der Waals surface area contributed by atoms with Gasteiger partial charge in [-0.15, -0.1) is 0 Å². The Morgan fingerprint density at radius 1 is 1.43 bits per heavy atom. The maximum atomic E-state index is 12.1. The SMILES string of the molecule is CN1C(=O)CC(NCCCc2ncc[nH]2)c2ccccc21. The van der Waals surface area contributed by atoms with Crippen molar-refractivity contribution in [1.82, 2.24) is 15.3 Å². The van der Waals surface area contributed by atoms with Crippen molar-refractivity contribution in [3.63, 3.8) is 0 Å². The smallest absolute Gasteiger partial charge is 0.228 e. The molecule has 5 heteroatoms. The van der Waals surface area contributed by atoms with Crippen LogP contribution >= 0.6 is 0 Å². The van der Waals surface area contributed by atoms with Gasteiger partial charge in [0.15, 0.2) is 0 Å². The van der Waals surface area contributed by atoms with E-state index in [1.54, 1.807) is 11.1 Å². The molecule has 2 heterocycles. The highest BCUT2D eigenvalue weighted by atomic mass is 16.2. The van der Waals surface area contributed by atoms with Crippen LogP contribution in [0.1, 0.15) is 30.3 Å². The van der Waals surface area contributed by atoms with E-state index in [1.807, 2.05) is 31.4 Å². The Morgan fingerprint density at radius 3 is 3.10 bits per heavy atom. The minimum atomic E-state index is 0.113. The van der Waals surface area contributed by atoms with E-state index in [4.69, 9.17) is 0 Å². The highest BCUT2D eigenvalue weighted by Gasteiger charge is 2.28.